The number of hydrogen-bond donors (Lipinski definition) is 2. The van der Waals surface area contributed by atoms with E-state index in [4.69, 9.17) is 4.74 Å². The predicted octanol–water partition coefficient (Wildman–Crippen LogP) is 1.52. The highest BCUT2D eigenvalue weighted by Gasteiger charge is 2.56. The quantitative estimate of drug-likeness (QED) is 0.781. The number of amides is 2. The number of rotatable bonds is 6. The van der Waals surface area contributed by atoms with Crippen molar-refractivity contribution in [3.8, 4) is 0 Å². The maximum atomic E-state index is 13.6. The third-order valence-electron chi connectivity index (χ3n) is 4.53. The van der Waals surface area contributed by atoms with Crippen molar-refractivity contribution < 1.29 is 18.7 Å². The first-order valence-corrected chi connectivity index (χ1v) is 8.03. The Morgan fingerprint density at radius 2 is 1.96 bits per heavy atom. The number of carbonyl (C=O) groups is 2. The van der Waals surface area contributed by atoms with Gasteiger partial charge in [-0.3, -0.25) is 9.59 Å². The van der Waals surface area contributed by atoms with Crippen LogP contribution in [0.3, 0.4) is 0 Å². The molecule has 2 N–H and O–H groups in total. The van der Waals surface area contributed by atoms with Crippen LogP contribution in [-0.2, 0) is 20.9 Å². The van der Waals surface area contributed by atoms with Crippen molar-refractivity contribution in [2.24, 2.45) is 5.41 Å². The van der Waals surface area contributed by atoms with Crippen molar-refractivity contribution in [1.82, 2.24) is 10.6 Å². The molecule has 2 amide bonds. The summed E-state index contributed by atoms with van der Waals surface area (Å²) in [6, 6.07) is 6.28. The van der Waals surface area contributed by atoms with Crippen LogP contribution < -0.4 is 10.6 Å². The Morgan fingerprint density at radius 3 is 2.61 bits per heavy atom. The fraction of sp³-hybridized carbons (Fsp3) is 0.529. The first-order valence-electron chi connectivity index (χ1n) is 8.03. The van der Waals surface area contributed by atoms with E-state index in [1.807, 2.05) is 0 Å². The number of carbonyl (C=O) groups excluding carboxylic acids is 2. The van der Waals surface area contributed by atoms with Crippen LogP contribution in [0.2, 0.25) is 0 Å². The molecule has 3 rings (SSSR count). The zero-order valence-electron chi connectivity index (χ0n) is 12.9. The van der Waals surface area contributed by atoms with Crippen LogP contribution in [0, 0.1) is 11.2 Å². The van der Waals surface area contributed by atoms with Crippen LogP contribution in [0.25, 0.3) is 0 Å². The van der Waals surface area contributed by atoms with Gasteiger partial charge in [-0.2, -0.15) is 0 Å². The van der Waals surface area contributed by atoms with Crippen molar-refractivity contribution in [3.05, 3.63) is 35.6 Å². The molecule has 0 radical (unpaired) electrons. The highest BCUT2D eigenvalue weighted by atomic mass is 19.1. The van der Waals surface area contributed by atoms with E-state index < -0.39 is 5.41 Å². The lowest BCUT2D eigenvalue weighted by molar-refractivity contribution is -0.137. The highest BCUT2D eigenvalue weighted by molar-refractivity contribution is 6.07. The van der Waals surface area contributed by atoms with Crippen molar-refractivity contribution in [2.75, 3.05) is 13.2 Å². The molecule has 124 valence electrons. The molecule has 1 aromatic carbocycles. The molecule has 1 unspecified atom stereocenters. The van der Waals surface area contributed by atoms with Crippen molar-refractivity contribution in [2.45, 2.75) is 38.3 Å². The Kier molecular flexibility index (Phi) is 4.61. The Morgan fingerprint density at radius 1 is 1.22 bits per heavy atom. The maximum Gasteiger partial charge on any atom is 0.235 e. The van der Waals surface area contributed by atoms with E-state index >= 15 is 0 Å². The normalized spacial score (nSPS) is 21.7. The fourth-order valence-electron chi connectivity index (χ4n) is 2.85. The molecule has 0 aromatic heterocycles. The summed E-state index contributed by atoms with van der Waals surface area (Å²) in [6.07, 6.45) is 3.07. The van der Waals surface area contributed by atoms with E-state index in [1.165, 1.54) is 6.07 Å². The van der Waals surface area contributed by atoms with Crippen LogP contribution in [0.5, 0.6) is 0 Å². The minimum atomic E-state index is -0.982. The molecule has 1 saturated carbocycles. The van der Waals surface area contributed by atoms with Gasteiger partial charge in [0.15, 0.2) is 0 Å². The summed E-state index contributed by atoms with van der Waals surface area (Å²) < 4.78 is 19.0. The Labute approximate surface area is 134 Å². The maximum absolute atomic E-state index is 13.6. The fourth-order valence-corrected chi connectivity index (χ4v) is 2.85. The molecule has 1 aliphatic carbocycles. The molecule has 23 heavy (non-hydrogen) atoms. The number of nitrogens with one attached hydrogen (secondary N) is 2. The zero-order valence-corrected chi connectivity index (χ0v) is 12.9. The van der Waals surface area contributed by atoms with Crippen molar-refractivity contribution >= 4 is 11.8 Å². The Balaban J connectivity index is 1.51. The van der Waals surface area contributed by atoms with Crippen LogP contribution in [0.15, 0.2) is 24.3 Å². The van der Waals surface area contributed by atoms with E-state index in [0.717, 1.165) is 19.4 Å². The van der Waals surface area contributed by atoms with E-state index in [-0.39, 0.29) is 30.3 Å². The minimum absolute atomic E-state index is 0.0521. The summed E-state index contributed by atoms with van der Waals surface area (Å²) in [4.78, 5) is 24.6. The Bertz CT molecular complexity index is 595. The average molecular weight is 320 g/mol. The lowest BCUT2D eigenvalue weighted by Gasteiger charge is -2.17. The second kappa shape index (κ2) is 6.66. The first-order chi connectivity index (χ1) is 11.1. The van der Waals surface area contributed by atoms with Crippen molar-refractivity contribution in [3.63, 3.8) is 0 Å². The topological polar surface area (TPSA) is 67.4 Å². The molecule has 0 bridgehead atoms. The second-order valence-corrected chi connectivity index (χ2v) is 6.20. The second-order valence-electron chi connectivity index (χ2n) is 6.20. The van der Waals surface area contributed by atoms with Crippen LogP contribution in [-0.4, -0.2) is 31.1 Å². The van der Waals surface area contributed by atoms with Gasteiger partial charge in [0.05, 0.1) is 6.10 Å². The molecular weight excluding hydrogens is 299 g/mol. The smallest absolute Gasteiger partial charge is 0.235 e. The van der Waals surface area contributed by atoms with Gasteiger partial charge in [-0.25, -0.2) is 4.39 Å². The summed E-state index contributed by atoms with van der Waals surface area (Å²) in [7, 11) is 0. The molecule has 1 atom stereocenters. The van der Waals surface area contributed by atoms with Crippen LogP contribution >= 0.6 is 0 Å². The minimum Gasteiger partial charge on any atom is -0.376 e. The van der Waals surface area contributed by atoms with Gasteiger partial charge < -0.3 is 15.4 Å². The molecule has 1 aliphatic heterocycles. The lowest BCUT2D eigenvalue weighted by atomic mass is 10.0. The number of ether oxygens (including phenoxy) is 1. The van der Waals surface area contributed by atoms with Gasteiger partial charge in [0.1, 0.15) is 11.2 Å². The van der Waals surface area contributed by atoms with Gasteiger partial charge in [0.25, 0.3) is 0 Å². The highest BCUT2D eigenvalue weighted by Crippen LogP contribution is 2.46. The van der Waals surface area contributed by atoms with Gasteiger partial charge in [0.2, 0.25) is 11.8 Å². The monoisotopic (exact) mass is 320 g/mol. The molecule has 2 aliphatic rings. The van der Waals surface area contributed by atoms with Crippen LogP contribution in [0.4, 0.5) is 4.39 Å². The summed E-state index contributed by atoms with van der Waals surface area (Å²) in [5.74, 6) is -0.940. The van der Waals surface area contributed by atoms with Gasteiger partial charge in [-0.05, 0) is 31.7 Å². The number of benzene rings is 1. The summed E-state index contributed by atoms with van der Waals surface area (Å²) in [5, 5.41) is 5.50. The van der Waals surface area contributed by atoms with E-state index in [1.54, 1.807) is 18.2 Å². The standard InChI is InChI=1S/C17H21FN2O3/c18-14-6-2-1-4-12(14)10-19-15(21)17(7-8-17)16(22)20-11-13-5-3-9-23-13/h1-2,4,6,13H,3,5,7-11H2,(H,19,21)(H,20,22). The van der Waals surface area contributed by atoms with Gasteiger partial charge in [-0.1, -0.05) is 18.2 Å². The van der Waals surface area contributed by atoms with Gasteiger partial charge in [-0.15, -0.1) is 0 Å². The Hall–Kier alpha value is -1.95. The van der Waals surface area contributed by atoms with Gasteiger partial charge >= 0.3 is 0 Å². The molecular formula is C17H21FN2O3. The third kappa shape index (κ3) is 3.52. The van der Waals surface area contributed by atoms with Crippen LogP contribution in [0.1, 0.15) is 31.2 Å². The van der Waals surface area contributed by atoms with Gasteiger partial charge in [0, 0.05) is 25.3 Å². The molecule has 1 heterocycles. The van der Waals surface area contributed by atoms with E-state index in [0.29, 0.717) is 24.9 Å². The summed E-state index contributed by atoms with van der Waals surface area (Å²) in [5.41, 5.74) is -0.569. The molecule has 1 aromatic rings. The number of hydrogen-bond acceptors (Lipinski definition) is 3. The number of halogens is 1. The zero-order chi connectivity index (χ0) is 16.3. The molecule has 2 fully saturated rings. The van der Waals surface area contributed by atoms with E-state index in [2.05, 4.69) is 10.6 Å². The molecule has 0 spiro atoms. The first kappa shape index (κ1) is 15.9. The SMILES string of the molecule is O=C(NCc1ccccc1F)C1(C(=O)NCC2CCCO2)CC1. The lowest BCUT2D eigenvalue weighted by Crippen LogP contribution is -2.44. The van der Waals surface area contributed by atoms with Crippen molar-refractivity contribution in [1.29, 1.82) is 0 Å². The molecule has 5 nitrogen and oxygen atoms in total. The third-order valence-corrected chi connectivity index (χ3v) is 4.53. The molecule has 1 saturated heterocycles. The predicted molar refractivity (Wildman–Crippen MR) is 81.9 cm³/mol. The van der Waals surface area contributed by atoms with E-state index in [9.17, 15) is 14.0 Å². The largest absolute Gasteiger partial charge is 0.376 e. The summed E-state index contributed by atoms with van der Waals surface area (Å²) >= 11 is 0. The molecule has 6 heteroatoms. The summed E-state index contributed by atoms with van der Waals surface area (Å²) in [6.45, 7) is 1.27. The average Bonchev–Trinajstić information content (AvgIpc) is 3.21.